The normalized spacial score (nSPS) is 10.2. The summed E-state index contributed by atoms with van der Waals surface area (Å²) in [6.45, 7) is 2.50. The van der Waals surface area contributed by atoms with Gasteiger partial charge in [0, 0.05) is 6.07 Å². The standard InChI is InChI=1S/C11H13N3O/c1-2-15-11-8-10(12)14(13-11)9-6-4-3-5-7-9/h3-8H,2,12H2,1H3. The summed E-state index contributed by atoms with van der Waals surface area (Å²) in [5.74, 6) is 1.13. The number of nitrogens with zero attached hydrogens (tertiary/aromatic N) is 2. The summed E-state index contributed by atoms with van der Waals surface area (Å²) in [5, 5.41) is 4.24. The van der Waals surface area contributed by atoms with Crippen LogP contribution in [0.3, 0.4) is 0 Å². The topological polar surface area (TPSA) is 53.1 Å². The van der Waals surface area contributed by atoms with Gasteiger partial charge in [0.05, 0.1) is 12.3 Å². The molecule has 0 aliphatic rings. The van der Waals surface area contributed by atoms with Gasteiger partial charge in [-0.15, -0.1) is 5.10 Å². The van der Waals surface area contributed by atoms with Crippen LogP contribution in [0.2, 0.25) is 0 Å². The molecule has 2 N–H and O–H groups in total. The monoisotopic (exact) mass is 203 g/mol. The van der Waals surface area contributed by atoms with Crippen LogP contribution in [0.1, 0.15) is 6.92 Å². The molecule has 0 saturated carbocycles. The van der Waals surface area contributed by atoms with E-state index in [9.17, 15) is 0 Å². The van der Waals surface area contributed by atoms with Crippen molar-refractivity contribution < 1.29 is 4.74 Å². The Bertz CT molecular complexity index is 436. The molecule has 0 radical (unpaired) electrons. The van der Waals surface area contributed by atoms with Crippen LogP contribution in [-0.2, 0) is 0 Å². The fourth-order valence-electron chi connectivity index (χ4n) is 1.37. The lowest BCUT2D eigenvalue weighted by Crippen LogP contribution is -2.01. The van der Waals surface area contributed by atoms with Crippen molar-refractivity contribution in [1.82, 2.24) is 9.78 Å². The Morgan fingerprint density at radius 3 is 2.73 bits per heavy atom. The highest BCUT2D eigenvalue weighted by molar-refractivity contribution is 5.44. The molecular formula is C11H13N3O. The van der Waals surface area contributed by atoms with Crippen LogP contribution in [-0.4, -0.2) is 16.4 Å². The van der Waals surface area contributed by atoms with E-state index >= 15 is 0 Å². The Kier molecular flexibility index (Phi) is 2.58. The first kappa shape index (κ1) is 9.58. The van der Waals surface area contributed by atoms with Gasteiger partial charge in [0.1, 0.15) is 5.82 Å². The Hall–Kier alpha value is -1.97. The quantitative estimate of drug-likeness (QED) is 0.828. The second-order valence-corrected chi connectivity index (χ2v) is 3.09. The zero-order valence-corrected chi connectivity index (χ0v) is 8.55. The summed E-state index contributed by atoms with van der Waals surface area (Å²) in [6, 6.07) is 11.4. The third-order valence-electron chi connectivity index (χ3n) is 2.01. The van der Waals surface area contributed by atoms with Gasteiger partial charge in [0.2, 0.25) is 5.88 Å². The number of para-hydroxylation sites is 1. The summed E-state index contributed by atoms with van der Waals surface area (Å²) in [6.07, 6.45) is 0. The van der Waals surface area contributed by atoms with Crippen molar-refractivity contribution in [2.24, 2.45) is 0 Å². The summed E-state index contributed by atoms with van der Waals surface area (Å²) in [5.41, 5.74) is 6.76. The Balaban J connectivity index is 2.36. The molecule has 0 amide bonds. The molecule has 1 aromatic heterocycles. The largest absolute Gasteiger partial charge is 0.477 e. The number of benzene rings is 1. The molecule has 2 aromatic rings. The maximum absolute atomic E-state index is 5.82. The van der Waals surface area contributed by atoms with Crippen LogP contribution in [0.15, 0.2) is 36.4 Å². The van der Waals surface area contributed by atoms with Crippen LogP contribution in [0.4, 0.5) is 5.82 Å². The number of hydrogen-bond acceptors (Lipinski definition) is 3. The smallest absolute Gasteiger partial charge is 0.235 e. The lowest BCUT2D eigenvalue weighted by Gasteiger charge is -2.02. The van der Waals surface area contributed by atoms with Gasteiger partial charge in [0.25, 0.3) is 0 Å². The van der Waals surface area contributed by atoms with Crippen molar-refractivity contribution in [2.75, 3.05) is 12.3 Å². The molecule has 2 rings (SSSR count). The molecule has 78 valence electrons. The first-order chi connectivity index (χ1) is 7.31. The van der Waals surface area contributed by atoms with Crippen molar-refractivity contribution in [3.05, 3.63) is 36.4 Å². The second kappa shape index (κ2) is 4.04. The highest BCUT2D eigenvalue weighted by Crippen LogP contribution is 2.18. The van der Waals surface area contributed by atoms with E-state index in [0.29, 0.717) is 18.3 Å². The SMILES string of the molecule is CCOc1cc(N)n(-c2ccccc2)n1. The van der Waals surface area contributed by atoms with E-state index < -0.39 is 0 Å². The number of nitrogens with two attached hydrogens (primary N) is 1. The fraction of sp³-hybridized carbons (Fsp3) is 0.182. The average molecular weight is 203 g/mol. The number of aromatic nitrogens is 2. The predicted octanol–water partition coefficient (Wildman–Crippen LogP) is 1.85. The molecule has 0 spiro atoms. The maximum Gasteiger partial charge on any atom is 0.235 e. The van der Waals surface area contributed by atoms with Crippen molar-refractivity contribution in [1.29, 1.82) is 0 Å². The third kappa shape index (κ3) is 1.93. The lowest BCUT2D eigenvalue weighted by molar-refractivity contribution is 0.324. The van der Waals surface area contributed by atoms with Gasteiger partial charge in [0.15, 0.2) is 0 Å². The summed E-state index contributed by atoms with van der Waals surface area (Å²) in [4.78, 5) is 0. The Labute approximate surface area is 88.3 Å². The van der Waals surface area contributed by atoms with E-state index in [0.717, 1.165) is 5.69 Å². The van der Waals surface area contributed by atoms with E-state index in [-0.39, 0.29) is 0 Å². The number of ether oxygens (including phenoxy) is 1. The van der Waals surface area contributed by atoms with Gasteiger partial charge in [-0.2, -0.15) is 0 Å². The van der Waals surface area contributed by atoms with Gasteiger partial charge < -0.3 is 10.5 Å². The molecular weight excluding hydrogens is 190 g/mol. The number of rotatable bonds is 3. The van der Waals surface area contributed by atoms with Gasteiger partial charge in [-0.1, -0.05) is 18.2 Å². The fourth-order valence-corrected chi connectivity index (χ4v) is 1.37. The van der Waals surface area contributed by atoms with Gasteiger partial charge >= 0.3 is 0 Å². The minimum absolute atomic E-state index is 0.554. The van der Waals surface area contributed by atoms with Crippen molar-refractivity contribution in [2.45, 2.75) is 6.92 Å². The zero-order chi connectivity index (χ0) is 10.7. The maximum atomic E-state index is 5.82. The highest BCUT2D eigenvalue weighted by Gasteiger charge is 2.06. The van der Waals surface area contributed by atoms with Crippen LogP contribution < -0.4 is 10.5 Å². The molecule has 1 aromatic carbocycles. The summed E-state index contributed by atoms with van der Waals surface area (Å²) >= 11 is 0. The minimum atomic E-state index is 0.554. The minimum Gasteiger partial charge on any atom is -0.477 e. The summed E-state index contributed by atoms with van der Waals surface area (Å²) < 4.78 is 6.93. The van der Waals surface area contributed by atoms with Crippen molar-refractivity contribution in [3.63, 3.8) is 0 Å². The van der Waals surface area contributed by atoms with E-state index in [1.54, 1.807) is 10.7 Å². The molecule has 4 heteroatoms. The number of hydrogen-bond donors (Lipinski definition) is 1. The summed E-state index contributed by atoms with van der Waals surface area (Å²) in [7, 11) is 0. The third-order valence-corrected chi connectivity index (χ3v) is 2.01. The van der Waals surface area contributed by atoms with Crippen LogP contribution in [0, 0.1) is 0 Å². The first-order valence-corrected chi connectivity index (χ1v) is 4.85. The van der Waals surface area contributed by atoms with Crippen molar-refractivity contribution in [3.8, 4) is 11.6 Å². The highest BCUT2D eigenvalue weighted by atomic mass is 16.5. The zero-order valence-electron chi connectivity index (χ0n) is 8.55. The van der Waals surface area contributed by atoms with E-state index in [2.05, 4.69) is 5.10 Å². The van der Waals surface area contributed by atoms with Gasteiger partial charge in [-0.25, -0.2) is 4.68 Å². The molecule has 4 nitrogen and oxygen atoms in total. The van der Waals surface area contributed by atoms with E-state index in [1.807, 2.05) is 37.3 Å². The number of anilines is 1. The lowest BCUT2D eigenvalue weighted by atomic mass is 10.3. The Morgan fingerprint density at radius 2 is 2.07 bits per heavy atom. The van der Waals surface area contributed by atoms with Crippen LogP contribution >= 0.6 is 0 Å². The first-order valence-electron chi connectivity index (χ1n) is 4.85. The van der Waals surface area contributed by atoms with E-state index in [1.165, 1.54) is 0 Å². The van der Waals surface area contributed by atoms with Crippen molar-refractivity contribution >= 4 is 5.82 Å². The Morgan fingerprint density at radius 1 is 1.33 bits per heavy atom. The number of nitrogen functional groups attached to an aromatic ring is 1. The molecule has 0 saturated heterocycles. The second-order valence-electron chi connectivity index (χ2n) is 3.09. The van der Waals surface area contributed by atoms with E-state index in [4.69, 9.17) is 10.5 Å². The molecule has 15 heavy (non-hydrogen) atoms. The van der Waals surface area contributed by atoms with Gasteiger partial charge in [-0.05, 0) is 19.1 Å². The molecule has 0 unspecified atom stereocenters. The molecule has 0 aliphatic carbocycles. The van der Waals surface area contributed by atoms with Gasteiger partial charge in [-0.3, -0.25) is 0 Å². The van der Waals surface area contributed by atoms with Crippen LogP contribution in [0.5, 0.6) is 5.88 Å². The average Bonchev–Trinajstić information content (AvgIpc) is 2.61. The molecule has 0 bridgehead atoms. The molecule has 1 heterocycles. The molecule has 0 fully saturated rings. The molecule has 0 atom stereocenters. The molecule has 0 aliphatic heterocycles. The van der Waals surface area contributed by atoms with Crippen LogP contribution in [0.25, 0.3) is 5.69 Å². The predicted molar refractivity (Wildman–Crippen MR) is 59.1 cm³/mol.